The number of H-pyrrole nitrogens is 1. The van der Waals surface area contributed by atoms with Gasteiger partial charge in [0.05, 0.1) is 24.7 Å². The van der Waals surface area contributed by atoms with Crippen LogP contribution in [-0.2, 0) is 15.7 Å². The predicted molar refractivity (Wildman–Crippen MR) is 91.7 cm³/mol. The molecule has 1 aromatic carbocycles. The van der Waals surface area contributed by atoms with Crippen molar-refractivity contribution in [2.24, 2.45) is 0 Å². The maximum absolute atomic E-state index is 12.9. The van der Waals surface area contributed by atoms with E-state index in [9.17, 15) is 22.8 Å². The van der Waals surface area contributed by atoms with Gasteiger partial charge in [-0.05, 0) is 19.1 Å². The van der Waals surface area contributed by atoms with Crippen LogP contribution >= 0.6 is 0 Å². The molecule has 7 nitrogen and oxygen atoms in total. The van der Waals surface area contributed by atoms with Gasteiger partial charge in [-0.25, -0.2) is 4.98 Å². The first-order valence-electron chi connectivity index (χ1n) is 8.52. The number of carboxylic acid groups (broad SMARTS) is 1. The highest BCUT2D eigenvalue weighted by atomic mass is 19.4. The van der Waals surface area contributed by atoms with Gasteiger partial charge in [0.1, 0.15) is 11.5 Å². The summed E-state index contributed by atoms with van der Waals surface area (Å²) in [5, 5.41) is 8.88. The Hall–Kier alpha value is -2.88. The molecule has 1 aromatic heterocycles. The van der Waals surface area contributed by atoms with Crippen molar-refractivity contribution >= 4 is 11.9 Å². The highest BCUT2D eigenvalue weighted by molar-refractivity contribution is 5.94. The third-order valence-corrected chi connectivity index (χ3v) is 4.38. The molecule has 0 radical (unpaired) electrons. The van der Waals surface area contributed by atoms with E-state index in [1.807, 2.05) is 0 Å². The van der Waals surface area contributed by atoms with E-state index in [0.29, 0.717) is 5.69 Å². The number of aryl methyl sites for hydroxylation is 1. The van der Waals surface area contributed by atoms with Crippen LogP contribution in [-0.4, -0.2) is 57.7 Å². The molecule has 28 heavy (non-hydrogen) atoms. The molecule has 1 unspecified atom stereocenters. The van der Waals surface area contributed by atoms with Crippen molar-refractivity contribution in [3.05, 3.63) is 41.2 Å². The average molecular weight is 397 g/mol. The van der Waals surface area contributed by atoms with Gasteiger partial charge in [-0.1, -0.05) is 12.1 Å². The van der Waals surface area contributed by atoms with Gasteiger partial charge < -0.3 is 19.7 Å². The highest BCUT2D eigenvalue weighted by Crippen LogP contribution is 2.31. The Bertz CT molecular complexity index is 894. The number of alkyl halides is 3. The third-order valence-electron chi connectivity index (χ3n) is 4.38. The maximum Gasteiger partial charge on any atom is 0.416 e. The number of benzene rings is 1. The van der Waals surface area contributed by atoms with Crippen LogP contribution in [0.3, 0.4) is 0 Å². The van der Waals surface area contributed by atoms with Crippen molar-refractivity contribution in [3.63, 3.8) is 0 Å². The second-order valence-corrected chi connectivity index (χ2v) is 6.48. The fourth-order valence-corrected chi connectivity index (χ4v) is 3.02. The van der Waals surface area contributed by atoms with Crippen LogP contribution in [0.15, 0.2) is 24.3 Å². The number of imidazole rings is 1. The molecule has 2 aromatic rings. The topological polar surface area (TPSA) is 95.5 Å². The summed E-state index contributed by atoms with van der Waals surface area (Å²) in [7, 11) is 0. The molecular weight excluding hydrogens is 379 g/mol. The normalized spacial score (nSPS) is 17.6. The van der Waals surface area contributed by atoms with Gasteiger partial charge in [0.2, 0.25) is 0 Å². The Labute approximate surface area is 158 Å². The molecule has 10 heteroatoms. The second-order valence-electron chi connectivity index (χ2n) is 6.48. The smallest absolute Gasteiger partial charge is 0.416 e. The Balaban J connectivity index is 1.82. The molecule has 0 aliphatic carbocycles. The van der Waals surface area contributed by atoms with E-state index in [1.165, 1.54) is 17.0 Å². The van der Waals surface area contributed by atoms with Crippen molar-refractivity contribution in [1.82, 2.24) is 14.9 Å². The van der Waals surface area contributed by atoms with Crippen LogP contribution in [0.4, 0.5) is 13.2 Å². The van der Waals surface area contributed by atoms with Gasteiger partial charge >= 0.3 is 12.1 Å². The summed E-state index contributed by atoms with van der Waals surface area (Å²) in [6, 6.07) is 4.67. The number of amides is 1. The van der Waals surface area contributed by atoms with E-state index in [0.717, 1.165) is 12.1 Å². The number of hydrogen-bond acceptors (Lipinski definition) is 4. The maximum atomic E-state index is 12.9. The minimum absolute atomic E-state index is 0.0865. The zero-order valence-electron chi connectivity index (χ0n) is 14.9. The van der Waals surface area contributed by atoms with Crippen molar-refractivity contribution in [2.75, 3.05) is 19.7 Å². The Morgan fingerprint density at radius 3 is 2.82 bits per heavy atom. The lowest BCUT2D eigenvalue weighted by Gasteiger charge is -2.32. The lowest BCUT2D eigenvalue weighted by Crippen LogP contribution is -2.46. The molecule has 1 amide bonds. The Morgan fingerprint density at radius 1 is 1.39 bits per heavy atom. The molecule has 1 aliphatic heterocycles. The number of nitrogens with zero attached hydrogens (tertiary/aromatic N) is 2. The van der Waals surface area contributed by atoms with Crippen LogP contribution in [0, 0.1) is 6.92 Å². The standard InChI is InChI=1S/C18H18F3N3O4/c1-10-15(17(27)24-5-6-28-13(9-24)8-14(25)26)23-16(22-10)11-3-2-4-12(7-11)18(19,20)21/h2-4,7,13H,5-6,8-9H2,1H3,(H,22,23)(H,25,26). The molecule has 2 heterocycles. The summed E-state index contributed by atoms with van der Waals surface area (Å²) < 4.78 is 44.1. The minimum Gasteiger partial charge on any atom is -0.481 e. The highest BCUT2D eigenvalue weighted by Gasteiger charge is 2.31. The van der Waals surface area contributed by atoms with Gasteiger partial charge in [-0.2, -0.15) is 13.2 Å². The lowest BCUT2D eigenvalue weighted by atomic mass is 10.1. The number of carboxylic acids is 1. The number of carbonyl (C=O) groups is 2. The lowest BCUT2D eigenvalue weighted by molar-refractivity contribution is -0.141. The van der Waals surface area contributed by atoms with Gasteiger partial charge in [-0.15, -0.1) is 0 Å². The second kappa shape index (κ2) is 7.63. The van der Waals surface area contributed by atoms with Gasteiger partial charge in [0.15, 0.2) is 0 Å². The number of morpholine rings is 1. The average Bonchev–Trinajstić information content (AvgIpc) is 3.02. The molecule has 0 bridgehead atoms. The molecule has 1 fully saturated rings. The number of rotatable bonds is 4. The van der Waals surface area contributed by atoms with Crippen LogP contribution in [0.25, 0.3) is 11.4 Å². The van der Waals surface area contributed by atoms with E-state index in [-0.39, 0.29) is 43.2 Å². The van der Waals surface area contributed by atoms with Crippen molar-refractivity contribution in [2.45, 2.75) is 25.6 Å². The molecule has 2 N–H and O–H groups in total. The molecule has 0 spiro atoms. The van der Waals surface area contributed by atoms with Gasteiger partial charge in [0.25, 0.3) is 5.91 Å². The monoisotopic (exact) mass is 397 g/mol. The summed E-state index contributed by atoms with van der Waals surface area (Å²) >= 11 is 0. The first-order chi connectivity index (χ1) is 13.1. The number of ether oxygens (including phenoxy) is 1. The fraction of sp³-hybridized carbons (Fsp3) is 0.389. The van der Waals surface area contributed by atoms with Crippen molar-refractivity contribution < 1.29 is 32.6 Å². The van der Waals surface area contributed by atoms with Crippen molar-refractivity contribution in [1.29, 1.82) is 0 Å². The zero-order valence-corrected chi connectivity index (χ0v) is 14.9. The summed E-state index contributed by atoms with van der Waals surface area (Å²) in [5.74, 6) is -1.30. The molecule has 1 aliphatic rings. The molecule has 3 rings (SSSR count). The summed E-state index contributed by atoms with van der Waals surface area (Å²) in [4.78, 5) is 32.1. The SMILES string of the molecule is Cc1[nH]c(-c2cccc(C(F)(F)F)c2)nc1C(=O)N1CCOC(CC(=O)O)C1. The number of aromatic nitrogens is 2. The molecule has 1 atom stereocenters. The van der Waals surface area contributed by atoms with Crippen molar-refractivity contribution in [3.8, 4) is 11.4 Å². The van der Waals surface area contributed by atoms with E-state index >= 15 is 0 Å². The third kappa shape index (κ3) is 4.33. The van der Waals surface area contributed by atoms with Gasteiger partial charge in [0, 0.05) is 24.3 Å². The number of nitrogens with one attached hydrogen (secondary N) is 1. The Kier molecular flexibility index (Phi) is 5.41. The first-order valence-corrected chi connectivity index (χ1v) is 8.52. The van der Waals surface area contributed by atoms with Crippen LogP contribution in [0.1, 0.15) is 28.2 Å². The minimum atomic E-state index is -4.48. The quantitative estimate of drug-likeness (QED) is 0.827. The largest absolute Gasteiger partial charge is 0.481 e. The first kappa shape index (κ1) is 19.9. The molecule has 0 saturated carbocycles. The molecular formula is C18H18F3N3O4. The van der Waals surface area contributed by atoms with Crippen LogP contribution < -0.4 is 0 Å². The number of aromatic amines is 1. The Morgan fingerprint density at radius 2 is 2.14 bits per heavy atom. The summed E-state index contributed by atoms with van der Waals surface area (Å²) in [6.07, 6.45) is -5.32. The van der Waals surface area contributed by atoms with Crippen LogP contribution in [0.5, 0.6) is 0 Å². The number of carbonyl (C=O) groups excluding carboxylic acids is 1. The van der Waals surface area contributed by atoms with E-state index in [1.54, 1.807) is 6.92 Å². The summed E-state index contributed by atoms with van der Waals surface area (Å²) in [5.41, 5.74) is -0.0959. The molecule has 1 saturated heterocycles. The van der Waals surface area contributed by atoms with E-state index in [2.05, 4.69) is 9.97 Å². The number of halogens is 3. The van der Waals surface area contributed by atoms with Crippen LogP contribution in [0.2, 0.25) is 0 Å². The summed E-state index contributed by atoms with van der Waals surface area (Å²) in [6.45, 7) is 2.19. The predicted octanol–water partition coefficient (Wildman–Crippen LogP) is 2.72. The molecule has 150 valence electrons. The fourth-order valence-electron chi connectivity index (χ4n) is 3.02. The van der Waals surface area contributed by atoms with E-state index in [4.69, 9.17) is 9.84 Å². The van der Waals surface area contributed by atoms with Gasteiger partial charge in [-0.3, -0.25) is 9.59 Å². The number of hydrogen-bond donors (Lipinski definition) is 2. The van der Waals surface area contributed by atoms with E-state index < -0.39 is 29.7 Å². The zero-order chi connectivity index (χ0) is 20.5. The number of aliphatic carboxylic acids is 1.